The van der Waals surface area contributed by atoms with Gasteiger partial charge >= 0.3 is 0 Å². The molecule has 0 spiro atoms. The zero-order valence-electron chi connectivity index (χ0n) is 39.3. The summed E-state index contributed by atoms with van der Waals surface area (Å²) in [5.74, 6) is -1.79. The van der Waals surface area contributed by atoms with Gasteiger partial charge in [0.1, 0.15) is 18.0 Å². The summed E-state index contributed by atoms with van der Waals surface area (Å²) >= 11 is 0. The number of nitrogen functional groups attached to an aromatic ring is 1. The molecule has 1 heterocycles. The third kappa shape index (κ3) is 14.1. The Hall–Kier alpha value is -4.28. The maximum atomic E-state index is 14.4. The minimum Gasteiger partial charge on any atom is -0.508 e. The average molecular weight is 868 g/mol. The summed E-state index contributed by atoms with van der Waals surface area (Å²) < 4.78 is 12.1. The van der Waals surface area contributed by atoms with E-state index in [1.807, 2.05) is 70.8 Å². The number of carbonyl (C=O) groups excluding carboxylic acids is 4. The standard InChI is InChI=1S/C47H77N7O8/c1-13-30(6)42(53(10)47(60)40(28(2)3)51-46(59)41(29(4)5)52(8)9)38(61-11)26-39(56)54-24-14-15-37(54)43(62-12)31(7)44(57)50-36(25-32-18-22-35(55)23-19-32)45(58)49-27-33-16-20-34(48)21-17-33/h16-23,28-31,36-38,40-43,47,55,60H,13-15,24-27,48H2,1-12H3,(H,49,58)(H,50,57)(H,51,59)/t30-,31+,36?,37-,38+,40-,41?,42-,43+,47?/m0/s1. The van der Waals surface area contributed by atoms with Crippen molar-refractivity contribution < 1.29 is 38.9 Å². The predicted molar refractivity (Wildman–Crippen MR) is 243 cm³/mol. The Morgan fingerprint density at radius 2 is 1.47 bits per heavy atom. The monoisotopic (exact) mass is 868 g/mol. The number of aromatic hydroxyl groups is 1. The van der Waals surface area contributed by atoms with Crippen LogP contribution in [0.15, 0.2) is 48.5 Å². The number of hydrogen-bond acceptors (Lipinski definition) is 11. The summed E-state index contributed by atoms with van der Waals surface area (Å²) in [6.07, 6.45) is -0.0852. The third-order valence-corrected chi connectivity index (χ3v) is 12.6. The van der Waals surface area contributed by atoms with Gasteiger partial charge in [0.25, 0.3) is 0 Å². The Morgan fingerprint density at radius 1 is 0.855 bits per heavy atom. The highest BCUT2D eigenvalue weighted by Crippen LogP contribution is 2.30. The number of hydrogen-bond donors (Lipinski definition) is 6. The molecule has 0 radical (unpaired) electrons. The Balaban J connectivity index is 1.80. The van der Waals surface area contributed by atoms with Gasteiger partial charge in [-0.1, -0.05) is 79.2 Å². The lowest BCUT2D eigenvalue weighted by molar-refractivity contribution is -0.146. The first kappa shape index (κ1) is 52.1. The summed E-state index contributed by atoms with van der Waals surface area (Å²) in [4.78, 5) is 61.2. The number of benzene rings is 2. The Morgan fingerprint density at radius 3 is 2.00 bits per heavy atom. The molecule has 4 amide bonds. The quantitative estimate of drug-likeness (QED) is 0.0664. The van der Waals surface area contributed by atoms with E-state index in [1.165, 1.54) is 19.2 Å². The molecular weight excluding hydrogens is 791 g/mol. The summed E-state index contributed by atoms with van der Waals surface area (Å²) in [6, 6.07) is 10.9. The first-order valence-electron chi connectivity index (χ1n) is 22.2. The number of nitrogens with one attached hydrogen (secondary N) is 3. The van der Waals surface area contributed by atoms with Crippen LogP contribution in [0.5, 0.6) is 5.75 Å². The summed E-state index contributed by atoms with van der Waals surface area (Å²) in [6.45, 7) is 14.5. The van der Waals surface area contributed by atoms with Gasteiger partial charge in [-0.15, -0.1) is 0 Å². The fourth-order valence-corrected chi connectivity index (χ4v) is 8.92. The molecule has 1 aliphatic heterocycles. The first-order valence-corrected chi connectivity index (χ1v) is 22.2. The lowest BCUT2D eigenvalue weighted by Crippen LogP contribution is -2.61. The molecule has 1 aliphatic rings. The Kier molecular flexibility index (Phi) is 20.6. The number of aliphatic hydroxyl groups is 1. The van der Waals surface area contributed by atoms with E-state index in [2.05, 4.69) is 29.8 Å². The van der Waals surface area contributed by atoms with Gasteiger partial charge < -0.3 is 46.3 Å². The largest absolute Gasteiger partial charge is 0.508 e. The number of likely N-dealkylation sites (N-methyl/N-ethyl adjacent to an activating group) is 2. The van der Waals surface area contributed by atoms with Gasteiger partial charge in [-0.25, -0.2) is 0 Å². The van der Waals surface area contributed by atoms with Crippen LogP contribution in [-0.2, 0) is 41.6 Å². The molecule has 0 saturated carbocycles. The van der Waals surface area contributed by atoms with E-state index in [0.717, 1.165) is 17.5 Å². The van der Waals surface area contributed by atoms with E-state index in [9.17, 15) is 29.4 Å². The van der Waals surface area contributed by atoms with Crippen LogP contribution in [0.4, 0.5) is 5.69 Å². The molecule has 0 bridgehead atoms. The number of ether oxygens (including phenoxy) is 2. The number of phenols is 1. The summed E-state index contributed by atoms with van der Waals surface area (Å²) in [5.41, 5.74) is 8.03. The lowest BCUT2D eigenvalue weighted by Gasteiger charge is -2.44. The minimum absolute atomic E-state index is 0.00382. The van der Waals surface area contributed by atoms with Crippen molar-refractivity contribution in [3.8, 4) is 5.75 Å². The molecule has 3 rings (SSSR count). The van der Waals surface area contributed by atoms with Crippen molar-refractivity contribution in [2.75, 3.05) is 47.6 Å². The molecule has 0 aromatic heterocycles. The van der Waals surface area contributed by atoms with Crippen molar-refractivity contribution in [1.29, 1.82) is 0 Å². The predicted octanol–water partition coefficient (Wildman–Crippen LogP) is 3.76. The molecule has 15 nitrogen and oxygen atoms in total. The lowest BCUT2D eigenvalue weighted by atomic mass is 9.89. The minimum atomic E-state index is -1.07. The molecule has 3 unspecified atom stereocenters. The van der Waals surface area contributed by atoms with Crippen LogP contribution in [-0.4, -0.2) is 139 Å². The molecule has 348 valence electrons. The average Bonchev–Trinajstić information content (AvgIpc) is 3.71. The molecule has 0 aliphatic carbocycles. The second kappa shape index (κ2) is 24.5. The van der Waals surface area contributed by atoms with Gasteiger partial charge in [0, 0.05) is 45.5 Å². The SMILES string of the molecule is CC[C@H](C)[C@@H]([C@@H](CC(=O)N1CCC[C@H]1[C@H](OC)[C@@H](C)C(=O)NC(Cc1ccc(O)cc1)C(=O)NCc1ccc(N)cc1)OC)N(C)C(O)[C@@H](NC(=O)C(C(C)C)N(C)C)C(C)C. The van der Waals surface area contributed by atoms with Crippen molar-refractivity contribution in [3.63, 3.8) is 0 Å². The number of amides is 4. The second-order valence-electron chi connectivity index (χ2n) is 18.0. The number of nitrogens with zero attached hydrogens (tertiary/aromatic N) is 3. The maximum Gasteiger partial charge on any atom is 0.243 e. The van der Waals surface area contributed by atoms with Crippen molar-refractivity contribution in [2.24, 2.45) is 23.7 Å². The van der Waals surface area contributed by atoms with Crippen LogP contribution >= 0.6 is 0 Å². The van der Waals surface area contributed by atoms with Crippen molar-refractivity contribution >= 4 is 29.3 Å². The first-order chi connectivity index (χ1) is 29.2. The molecular formula is C47H77N7O8. The zero-order chi connectivity index (χ0) is 46.4. The second-order valence-corrected chi connectivity index (χ2v) is 18.0. The summed E-state index contributed by atoms with van der Waals surface area (Å²) in [5, 5.41) is 30.8. The van der Waals surface area contributed by atoms with Gasteiger partial charge in [-0.05, 0) is 87.1 Å². The van der Waals surface area contributed by atoms with Gasteiger partial charge in [-0.2, -0.15) is 0 Å². The Bertz CT molecular complexity index is 1700. The molecule has 1 saturated heterocycles. The van der Waals surface area contributed by atoms with E-state index in [0.29, 0.717) is 25.1 Å². The van der Waals surface area contributed by atoms with E-state index < -0.39 is 54.4 Å². The van der Waals surface area contributed by atoms with Gasteiger partial charge in [0.15, 0.2) is 0 Å². The molecule has 15 heteroatoms. The number of carbonyl (C=O) groups is 4. The van der Waals surface area contributed by atoms with Crippen LogP contribution < -0.4 is 21.7 Å². The van der Waals surface area contributed by atoms with Gasteiger partial charge in [0.2, 0.25) is 23.6 Å². The third-order valence-electron chi connectivity index (χ3n) is 12.6. The fourth-order valence-electron chi connectivity index (χ4n) is 8.92. The number of anilines is 1. The highest BCUT2D eigenvalue weighted by molar-refractivity contribution is 5.89. The van der Waals surface area contributed by atoms with E-state index in [-0.39, 0.29) is 66.7 Å². The van der Waals surface area contributed by atoms with E-state index in [4.69, 9.17) is 15.2 Å². The van der Waals surface area contributed by atoms with Crippen LogP contribution in [0.25, 0.3) is 0 Å². The highest BCUT2D eigenvalue weighted by Gasteiger charge is 2.43. The topological polar surface area (TPSA) is 199 Å². The number of rotatable bonds is 24. The molecule has 2 aromatic rings. The molecule has 7 N–H and O–H groups in total. The van der Waals surface area contributed by atoms with Crippen molar-refractivity contribution in [2.45, 2.75) is 136 Å². The zero-order valence-corrected chi connectivity index (χ0v) is 39.3. The number of nitrogens with two attached hydrogens (primary N) is 1. The van der Waals surface area contributed by atoms with Crippen molar-refractivity contribution in [3.05, 3.63) is 59.7 Å². The van der Waals surface area contributed by atoms with Crippen LogP contribution in [0.1, 0.15) is 85.3 Å². The smallest absolute Gasteiger partial charge is 0.243 e. The van der Waals surface area contributed by atoms with Gasteiger partial charge in [-0.3, -0.25) is 29.0 Å². The van der Waals surface area contributed by atoms with Crippen LogP contribution in [0.3, 0.4) is 0 Å². The molecule has 10 atom stereocenters. The number of methoxy groups -OCH3 is 2. The number of likely N-dealkylation sites (tertiary alicyclic amines) is 1. The molecule has 62 heavy (non-hydrogen) atoms. The van der Waals surface area contributed by atoms with Crippen LogP contribution in [0.2, 0.25) is 0 Å². The normalized spacial score (nSPS) is 18.8. The molecule has 1 fully saturated rings. The highest BCUT2D eigenvalue weighted by atomic mass is 16.5. The Labute approximate surface area is 370 Å². The fraction of sp³-hybridized carbons (Fsp3) is 0.660. The van der Waals surface area contributed by atoms with Crippen LogP contribution in [0, 0.1) is 23.7 Å². The van der Waals surface area contributed by atoms with Gasteiger partial charge in [0.05, 0.1) is 42.7 Å². The molecule has 2 aromatic carbocycles. The number of phenolic OH excluding ortho intramolecular Hbond substituents is 1. The van der Waals surface area contributed by atoms with Crippen molar-refractivity contribution in [1.82, 2.24) is 30.7 Å². The maximum absolute atomic E-state index is 14.4. The summed E-state index contributed by atoms with van der Waals surface area (Å²) in [7, 11) is 8.66. The number of aliphatic hydroxyl groups excluding tert-OH is 1. The van der Waals surface area contributed by atoms with E-state index in [1.54, 1.807) is 43.2 Å². The van der Waals surface area contributed by atoms with E-state index >= 15 is 0 Å².